The Bertz CT molecular complexity index is 1250. The third-order valence-electron chi connectivity index (χ3n) is 4.27. The Morgan fingerprint density at radius 3 is 2.76 bits per heavy atom. The van der Waals surface area contributed by atoms with Crippen LogP contribution in [0.5, 0.6) is 11.5 Å². The maximum Gasteiger partial charge on any atom is 0.270 e. The number of non-ortho nitro benzene ring substituents is 1. The molecule has 0 unspecified atom stereocenters. The fraction of sp³-hybridized carbons (Fsp3) is 0.0476. The third kappa shape index (κ3) is 3.63. The van der Waals surface area contributed by atoms with E-state index < -0.39 is 4.92 Å². The number of nitrogens with zero attached hydrogens (tertiary/aromatic N) is 3. The van der Waals surface area contributed by atoms with Crippen LogP contribution in [-0.4, -0.2) is 23.2 Å². The minimum absolute atomic E-state index is 0.133. The quantitative estimate of drug-likeness (QED) is 0.287. The first kappa shape index (κ1) is 18.2. The smallest absolute Gasteiger partial charge is 0.270 e. The Labute approximate surface area is 164 Å². The molecule has 8 heteroatoms. The van der Waals surface area contributed by atoms with Crippen LogP contribution in [0.25, 0.3) is 22.6 Å². The van der Waals surface area contributed by atoms with Crippen LogP contribution in [0.1, 0.15) is 5.56 Å². The molecule has 4 rings (SSSR count). The van der Waals surface area contributed by atoms with E-state index in [-0.39, 0.29) is 17.0 Å². The second kappa shape index (κ2) is 7.43. The van der Waals surface area contributed by atoms with Gasteiger partial charge in [0.05, 0.1) is 23.3 Å². The van der Waals surface area contributed by atoms with Gasteiger partial charge in [0.25, 0.3) is 5.69 Å². The fourth-order valence-corrected chi connectivity index (χ4v) is 2.83. The zero-order valence-electron chi connectivity index (χ0n) is 15.2. The summed E-state index contributed by atoms with van der Waals surface area (Å²) in [5, 5.41) is 22.8. The van der Waals surface area contributed by atoms with E-state index in [1.807, 2.05) is 24.3 Å². The molecule has 0 saturated carbocycles. The average Bonchev–Trinajstić information content (AvgIpc) is 3.16. The summed E-state index contributed by atoms with van der Waals surface area (Å²) in [4.78, 5) is 19.1. The van der Waals surface area contributed by atoms with Gasteiger partial charge in [0.1, 0.15) is 11.3 Å². The number of benzene rings is 3. The normalized spacial score (nSPS) is 11.2. The molecule has 0 radical (unpaired) electrons. The number of oxazole rings is 1. The van der Waals surface area contributed by atoms with E-state index in [0.29, 0.717) is 28.4 Å². The lowest BCUT2D eigenvalue weighted by molar-refractivity contribution is -0.385. The van der Waals surface area contributed by atoms with Gasteiger partial charge in [0, 0.05) is 18.3 Å². The first-order valence-corrected chi connectivity index (χ1v) is 8.58. The predicted octanol–water partition coefficient (Wildman–Crippen LogP) is 4.24. The number of rotatable bonds is 5. The van der Waals surface area contributed by atoms with Gasteiger partial charge in [0.2, 0.25) is 5.89 Å². The molecule has 0 N–H and O–H groups in total. The topological polar surface area (TPSA) is 114 Å². The molecule has 3 aromatic carbocycles. The fourth-order valence-electron chi connectivity index (χ4n) is 2.83. The van der Waals surface area contributed by atoms with E-state index in [0.717, 1.165) is 11.6 Å². The van der Waals surface area contributed by atoms with Crippen molar-refractivity contribution in [3.63, 3.8) is 0 Å². The minimum atomic E-state index is -0.558. The van der Waals surface area contributed by atoms with E-state index in [9.17, 15) is 15.2 Å². The molecule has 0 amide bonds. The number of ether oxygens (including phenoxy) is 1. The monoisotopic (exact) mass is 388 g/mol. The number of methoxy groups -OCH3 is 1. The van der Waals surface area contributed by atoms with Crippen molar-refractivity contribution in [1.82, 2.24) is 4.98 Å². The molecule has 0 spiro atoms. The van der Waals surface area contributed by atoms with Gasteiger partial charge in [-0.2, -0.15) is 0 Å². The van der Waals surface area contributed by atoms with Crippen LogP contribution < -0.4 is 9.84 Å². The van der Waals surface area contributed by atoms with E-state index >= 15 is 0 Å². The van der Waals surface area contributed by atoms with Gasteiger partial charge in [0.15, 0.2) is 5.58 Å². The zero-order valence-corrected chi connectivity index (χ0v) is 15.2. The summed E-state index contributed by atoms with van der Waals surface area (Å²) in [5.74, 6) is 0.713. The molecular formula is C21H14N3O5-. The molecule has 144 valence electrons. The number of hydrogen-bond donors (Lipinski definition) is 0. The number of hydrogen-bond acceptors (Lipinski definition) is 7. The second-order valence-corrected chi connectivity index (χ2v) is 6.11. The Morgan fingerprint density at radius 2 is 1.97 bits per heavy atom. The van der Waals surface area contributed by atoms with E-state index in [1.165, 1.54) is 18.3 Å². The third-order valence-corrected chi connectivity index (χ3v) is 4.27. The minimum Gasteiger partial charge on any atom is -0.872 e. The van der Waals surface area contributed by atoms with Gasteiger partial charge in [-0.25, -0.2) is 4.98 Å². The molecule has 0 aliphatic carbocycles. The molecular weight excluding hydrogens is 374 g/mol. The van der Waals surface area contributed by atoms with Gasteiger partial charge in [-0.15, -0.1) is 0 Å². The maximum atomic E-state index is 11.9. The van der Waals surface area contributed by atoms with Gasteiger partial charge >= 0.3 is 0 Å². The molecule has 0 aliphatic heterocycles. The highest BCUT2D eigenvalue weighted by atomic mass is 16.6. The van der Waals surface area contributed by atoms with Crippen molar-refractivity contribution >= 4 is 28.7 Å². The molecule has 29 heavy (non-hydrogen) atoms. The summed E-state index contributed by atoms with van der Waals surface area (Å²) in [7, 11) is 1.58. The summed E-state index contributed by atoms with van der Waals surface area (Å²) in [6, 6.07) is 16.0. The van der Waals surface area contributed by atoms with Crippen molar-refractivity contribution in [2.75, 3.05) is 7.11 Å². The van der Waals surface area contributed by atoms with Crippen LogP contribution in [0.15, 0.2) is 70.1 Å². The van der Waals surface area contributed by atoms with E-state index in [2.05, 4.69) is 9.98 Å². The Morgan fingerprint density at radius 1 is 1.14 bits per heavy atom. The number of fused-ring (bicyclic) bond motifs is 1. The SMILES string of the molecule is COc1ccccc1-c1nc2cc(N=Cc3cc([N+](=O)[O-])ccc3[O-])ccc2o1. The highest BCUT2D eigenvalue weighted by molar-refractivity contribution is 5.87. The summed E-state index contributed by atoms with van der Waals surface area (Å²) < 4.78 is 11.2. The first-order valence-electron chi connectivity index (χ1n) is 8.58. The van der Waals surface area contributed by atoms with Gasteiger partial charge in [-0.3, -0.25) is 15.1 Å². The van der Waals surface area contributed by atoms with Crippen LogP contribution in [0.3, 0.4) is 0 Å². The molecule has 1 aromatic heterocycles. The van der Waals surface area contributed by atoms with Crippen molar-refractivity contribution in [2.24, 2.45) is 4.99 Å². The van der Waals surface area contributed by atoms with Crippen molar-refractivity contribution in [1.29, 1.82) is 0 Å². The summed E-state index contributed by atoms with van der Waals surface area (Å²) in [6.07, 6.45) is 1.30. The Kier molecular flexibility index (Phi) is 4.66. The van der Waals surface area contributed by atoms with Crippen molar-refractivity contribution in [2.45, 2.75) is 0 Å². The molecule has 4 aromatic rings. The first-order chi connectivity index (χ1) is 14.0. The standard InChI is InChI=1S/C21H15N3O5/c1-28-19-5-3-2-4-16(19)21-23-17-11-14(6-9-20(17)29-21)22-12-13-10-15(24(26)27)7-8-18(13)25/h2-12,25H,1H3/p-1. The highest BCUT2D eigenvalue weighted by Crippen LogP contribution is 2.32. The number of para-hydroxylation sites is 1. The van der Waals surface area contributed by atoms with Crippen LogP contribution in [0.2, 0.25) is 0 Å². The van der Waals surface area contributed by atoms with Crippen molar-refractivity contribution in [3.8, 4) is 23.0 Å². The Balaban J connectivity index is 1.67. The van der Waals surface area contributed by atoms with Crippen LogP contribution in [0.4, 0.5) is 11.4 Å². The molecule has 0 aliphatic rings. The van der Waals surface area contributed by atoms with E-state index in [4.69, 9.17) is 9.15 Å². The molecule has 0 saturated heterocycles. The number of nitro groups is 1. The van der Waals surface area contributed by atoms with Gasteiger partial charge < -0.3 is 14.3 Å². The van der Waals surface area contributed by atoms with Gasteiger partial charge in [-0.05, 0) is 35.9 Å². The van der Waals surface area contributed by atoms with Crippen LogP contribution in [-0.2, 0) is 0 Å². The van der Waals surface area contributed by atoms with E-state index in [1.54, 1.807) is 25.3 Å². The zero-order chi connectivity index (χ0) is 20.4. The second-order valence-electron chi connectivity index (χ2n) is 6.11. The number of nitro benzene ring substituents is 1. The van der Waals surface area contributed by atoms with Crippen molar-refractivity contribution in [3.05, 3.63) is 76.3 Å². The van der Waals surface area contributed by atoms with Gasteiger partial charge in [-0.1, -0.05) is 23.9 Å². The molecule has 8 nitrogen and oxygen atoms in total. The lowest BCUT2D eigenvalue weighted by atomic mass is 10.2. The van der Waals surface area contributed by atoms with Crippen molar-refractivity contribution < 1.29 is 19.2 Å². The number of aromatic nitrogens is 1. The summed E-state index contributed by atoms with van der Waals surface area (Å²) in [6.45, 7) is 0. The lowest BCUT2D eigenvalue weighted by Crippen LogP contribution is -1.98. The largest absolute Gasteiger partial charge is 0.872 e. The summed E-state index contributed by atoms with van der Waals surface area (Å²) in [5.41, 5.74) is 2.38. The highest BCUT2D eigenvalue weighted by Gasteiger charge is 2.13. The molecule has 0 atom stereocenters. The van der Waals surface area contributed by atoms with Crippen LogP contribution in [0, 0.1) is 10.1 Å². The Hall–Kier alpha value is -4.20. The molecule has 0 fully saturated rings. The lowest BCUT2D eigenvalue weighted by Gasteiger charge is -2.08. The van der Waals surface area contributed by atoms with Crippen LogP contribution >= 0.6 is 0 Å². The molecule has 0 bridgehead atoms. The average molecular weight is 388 g/mol. The predicted molar refractivity (Wildman–Crippen MR) is 106 cm³/mol. The number of aliphatic imine (C=N–C) groups is 1. The summed E-state index contributed by atoms with van der Waals surface area (Å²) >= 11 is 0. The maximum absolute atomic E-state index is 11.9. The molecule has 1 heterocycles.